The zero-order valence-corrected chi connectivity index (χ0v) is 6.80. The van der Waals surface area contributed by atoms with Crippen LogP contribution in [0.1, 0.15) is 26.7 Å². The van der Waals surface area contributed by atoms with Gasteiger partial charge in [0.05, 0.1) is 6.54 Å². The van der Waals surface area contributed by atoms with E-state index in [0.29, 0.717) is 0 Å². The van der Waals surface area contributed by atoms with Crippen molar-refractivity contribution in [2.45, 2.75) is 26.7 Å². The highest BCUT2D eigenvalue weighted by molar-refractivity contribution is 5.62. The summed E-state index contributed by atoms with van der Waals surface area (Å²) < 4.78 is 0. The van der Waals surface area contributed by atoms with Crippen molar-refractivity contribution >= 4 is 6.21 Å². The van der Waals surface area contributed by atoms with Crippen molar-refractivity contribution < 1.29 is 0 Å². The zero-order valence-electron chi connectivity index (χ0n) is 6.80. The van der Waals surface area contributed by atoms with Crippen molar-refractivity contribution in [3.8, 4) is 0 Å². The number of nitrogens with zero attached hydrogens (tertiary/aromatic N) is 1. The Kier molecular flexibility index (Phi) is 2.67. The Bertz CT molecular complexity index is 154. The number of hydrogen-bond acceptors (Lipinski definition) is 1. The molecule has 1 aliphatic rings. The topological polar surface area (TPSA) is 12.4 Å². The number of dihydropyridines is 1. The summed E-state index contributed by atoms with van der Waals surface area (Å²) in [5, 5.41) is 0. The summed E-state index contributed by atoms with van der Waals surface area (Å²) in [6.07, 6.45) is 6.60. The molecule has 1 nitrogen and oxygen atoms in total. The molecule has 0 N–H and O–H groups in total. The van der Waals surface area contributed by atoms with E-state index in [1.807, 2.05) is 6.21 Å². The second-order valence-corrected chi connectivity index (χ2v) is 3.21. The summed E-state index contributed by atoms with van der Waals surface area (Å²) in [5.74, 6) is 0.790. The smallest absolute Gasteiger partial charge is 0.0569 e. The van der Waals surface area contributed by atoms with E-state index in [1.54, 1.807) is 5.57 Å². The Balaban J connectivity index is 2.34. The van der Waals surface area contributed by atoms with Crippen molar-refractivity contribution in [1.82, 2.24) is 0 Å². The highest BCUT2D eigenvalue weighted by Gasteiger charge is 2.01. The molecule has 1 heterocycles. The van der Waals surface area contributed by atoms with E-state index in [4.69, 9.17) is 0 Å². The average Bonchev–Trinajstić information content (AvgIpc) is 1.88. The number of aliphatic imine (C=N–C) groups is 1. The van der Waals surface area contributed by atoms with Gasteiger partial charge in [-0.05, 0) is 12.3 Å². The molecule has 0 atom stereocenters. The molecule has 0 radical (unpaired) electrons. The molecular formula is C9H15N. The van der Waals surface area contributed by atoms with E-state index >= 15 is 0 Å². The van der Waals surface area contributed by atoms with Gasteiger partial charge in [-0.25, -0.2) is 0 Å². The molecule has 0 aliphatic carbocycles. The molecule has 0 spiro atoms. The normalized spacial score (nSPS) is 17.7. The first-order chi connectivity index (χ1) is 4.79. The summed E-state index contributed by atoms with van der Waals surface area (Å²) >= 11 is 0. The van der Waals surface area contributed by atoms with Crippen LogP contribution in [0.2, 0.25) is 0 Å². The Morgan fingerprint density at radius 1 is 1.60 bits per heavy atom. The van der Waals surface area contributed by atoms with Crippen LogP contribution < -0.4 is 0 Å². The van der Waals surface area contributed by atoms with Crippen LogP contribution in [0.25, 0.3) is 0 Å². The minimum atomic E-state index is 0.790. The molecule has 1 heteroatoms. The van der Waals surface area contributed by atoms with E-state index in [9.17, 15) is 0 Å². The highest BCUT2D eigenvalue weighted by Crippen LogP contribution is 2.14. The molecule has 0 aromatic rings. The standard InChI is InChI=1S/C9H15N/c1-8(2)7-9-3-5-10-6-4-9/h3,6,8H,4-5,7H2,1-2H3. The van der Waals surface area contributed by atoms with Gasteiger partial charge in [-0.2, -0.15) is 0 Å². The summed E-state index contributed by atoms with van der Waals surface area (Å²) in [6, 6.07) is 0. The van der Waals surface area contributed by atoms with Crippen LogP contribution in [0.3, 0.4) is 0 Å². The third-order valence-corrected chi connectivity index (χ3v) is 1.64. The third-order valence-electron chi connectivity index (χ3n) is 1.64. The Morgan fingerprint density at radius 3 is 2.90 bits per heavy atom. The molecule has 0 amide bonds. The lowest BCUT2D eigenvalue weighted by molar-refractivity contribution is 0.635. The molecule has 1 rings (SSSR count). The molecular weight excluding hydrogens is 122 g/mol. The first kappa shape index (κ1) is 7.52. The van der Waals surface area contributed by atoms with Gasteiger partial charge >= 0.3 is 0 Å². The van der Waals surface area contributed by atoms with Gasteiger partial charge in [0.1, 0.15) is 0 Å². The van der Waals surface area contributed by atoms with E-state index in [1.165, 1.54) is 6.42 Å². The summed E-state index contributed by atoms with van der Waals surface area (Å²) in [7, 11) is 0. The van der Waals surface area contributed by atoms with Crippen LogP contribution in [0, 0.1) is 5.92 Å². The van der Waals surface area contributed by atoms with Gasteiger partial charge in [-0.1, -0.05) is 25.5 Å². The predicted molar refractivity (Wildman–Crippen MR) is 45.5 cm³/mol. The van der Waals surface area contributed by atoms with Gasteiger partial charge < -0.3 is 0 Å². The maximum Gasteiger partial charge on any atom is 0.0569 e. The predicted octanol–water partition coefficient (Wildman–Crippen LogP) is 2.43. The maximum atomic E-state index is 4.13. The van der Waals surface area contributed by atoms with E-state index in [-0.39, 0.29) is 0 Å². The molecule has 0 fully saturated rings. The maximum absolute atomic E-state index is 4.13. The quantitative estimate of drug-likeness (QED) is 0.518. The minimum absolute atomic E-state index is 0.790. The fraction of sp³-hybridized carbons (Fsp3) is 0.667. The molecule has 0 unspecified atom stereocenters. The van der Waals surface area contributed by atoms with Crippen molar-refractivity contribution in [1.29, 1.82) is 0 Å². The van der Waals surface area contributed by atoms with Gasteiger partial charge in [0.15, 0.2) is 0 Å². The number of hydrogen-bond donors (Lipinski definition) is 0. The van der Waals surface area contributed by atoms with Crippen molar-refractivity contribution in [2.24, 2.45) is 10.9 Å². The summed E-state index contributed by atoms with van der Waals surface area (Å²) in [6.45, 7) is 5.42. The molecule has 0 aromatic heterocycles. The number of rotatable bonds is 2. The van der Waals surface area contributed by atoms with E-state index in [2.05, 4.69) is 24.9 Å². The van der Waals surface area contributed by atoms with Crippen LogP contribution >= 0.6 is 0 Å². The first-order valence-electron chi connectivity index (χ1n) is 3.95. The zero-order chi connectivity index (χ0) is 7.40. The van der Waals surface area contributed by atoms with Crippen molar-refractivity contribution in [3.05, 3.63) is 11.6 Å². The minimum Gasteiger partial charge on any atom is -0.293 e. The number of allylic oxidation sites excluding steroid dienone is 1. The Hall–Kier alpha value is -0.590. The van der Waals surface area contributed by atoms with Crippen LogP contribution in [-0.2, 0) is 0 Å². The second kappa shape index (κ2) is 3.55. The molecule has 10 heavy (non-hydrogen) atoms. The first-order valence-corrected chi connectivity index (χ1v) is 3.95. The average molecular weight is 137 g/mol. The van der Waals surface area contributed by atoms with E-state index < -0.39 is 0 Å². The summed E-state index contributed by atoms with van der Waals surface area (Å²) in [5.41, 5.74) is 1.56. The molecule has 56 valence electrons. The largest absolute Gasteiger partial charge is 0.293 e. The van der Waals surface area contributed by atoms with E-state index in [0.717, 1.165) is 18.9 Å². The van der Waals surface area contributed by atoms with Crippen LogP contribution in [0.15, 0.2) is 16.6 Å². The third kappa shape index (κ3) is 2.34. The van der Waals surface area contributed by atoms with Gasteiger partial charge in [-0.3, -0.25) is 4.99 Å². The fourth-order valence-corrected chi connectivity index (χ4v) is 1.21. The van der Waals surface area contributed by atoms with Crippen LogP contribution in [-0.4, -0.2) is 12.8 Å². The summed E-state index contributed by atoms with van der Waals surface area (Å²) in [4.78, 5) is 4.13. The van der Waals surface area contributed by atoms with Crippen molar-refractivity contribution in [3.63, 3.8) is 0 Å². The fourth-order valence-electron chi connectivity index (χ4n) is 1.21. The lowest BCUT2D eigenvalue weighted by atomic mass is 10.00. The molecule has 0 saturated heterocycles. The molecule has 1 aliphatic heterocycles. The Labute approximate surface area is 62.9 Å². The van der Waals surface area contributed by atoms with Gasteiger partial charge in [0.25, 0.3) is 0 Å². The SMILES string of the molecule is CC(C)CC1=CCN=CC1. The van der Waals surface area contributed by atoms with Gasteiger partial charge in [0, 0.05) is 12.6 Å². The lowest BCUT2D eigenvalue weighted by Gasteiger charge is -2.09. The monoisotopic (exact) mass is 137 g/mol. The highest BCUT2D eigenvalue weighted by atomic mass is 14.7. The lowest BCUT2D eigenvalue weighted by Crippen LogP contribution is -1.97. The van der Waals surface area contributed by atoms with Gasteiger partial charge in [0.2, 0.25) is 0 Å². The molecule has 0 saturated carbocycles. The Morgan fingerprint density at radius 2 is 2.40 bits per heavy atom. The molecule has 0 bridgehead atoms. The van der Waals surface area contributed by atoms with Gasteiger partial charge in [-0.15, -0.1) is 0 Å². The molecule has 0 aromatic carbocycles. The van der Waals surface area contributed by atoms with Crippen LogP contribution in [0.4, 0.5) is 0 Å². The van der Waals surface area contributed by atoms with Crippen molar-refractivity contribution in [2.75, 3.05) is 6.54 Å². The second-order valence-electron chi connectivity index (χ2n) is 3.21. The van der Waals surface area contributed by atoms with Crippen LogP contribution in [0.5, 0.6) is 0 Å².